The largest absolute Gasteiger partial charge is 0.377 e. The molecule has 0 aliphatic carbocycles. The number of carbonyl (C=O) groups is 1. The van der Waals surface area contributed by atoms with Crippen molar-refractivity contribution in [1.82, 2.24) is 10.3 Å². The van der Waals surface area contributed by atoms with Crippen molar-refractivity contribution in [2.45, 2.75) is 46.6 Å². The van der Waals surface area contributed by atoms with Crippen LogP contribution in [0.2, 0.25) is 0 Å². The summed E-state index contributed by atoms with van der Waals surface area (Å²) < 4.78 is 19.5. The summed E-state index contributed by atoms with van der Waals surface area (Å²) in [5, 5.41) is 3.90. The predicted octanol–water partition coefficient (Wildman–Crippen LogP) is 4.19. The number of halogens is 1. The molecule has 0 bridgehead atoms. The summed E-state index contributed by atoms with van der Waals surface area (Å²) in [5.41, 5.74) is 1.98. The Bertz CT molecular complexity index is 776. The molecule has 1 amide bonds. The number of ether oxygens (including phenoxy) is 1. The van der Waals surface area contributed by atoms with Gasteiger partial charge in [-0.3, -0.25) is 4.79 Å². The maximum atomic E-state index is 13.5. The van der Waals surface area contributed by atoms with E-state index >= 15 is 0 Å². The van der Waals surface area contributed by atoms with Crippen LogP contribution >= 0.6 is 0 Å². The Kier molecular flexibility index (Phi) is 4.87. The number of aromatic nitrogens is 1. The van der Waals surface area contributed by atoms with E-state index in [0.717, 1.165) is 30.4 Å². The van der Waals surface area contributed by atoms with Gasteiger partial charge in [0, 0.05) is 30.0 Å². The van der Waals surface area contributed by atoms with Gasteiger partial charge in [0.15, 0.2) is 0 Å². The lowest BCUT2D eigenvalue weighted by Crippen LogP contribution is -2.45. The zero-order chi connectivity index (χ0) is 18.2. The molecule has 25 heavy (non-hydrogen) atoms. The number of carbonyl (C=O) groups excluding carboxylic acids is 1. The van der Waals surface area contributed by atoms with E-state index in [9.17, 15) is 9.18 Å². The molecule has 0 saturated carbocycles. The molecule has 3 rings (SSSR count). The molecular weight excluding hydrogens is 319 g/mol. The first-order chi connectivity index (χ1) is 11.8. The lowest BCUT2D eigenvalue weighted by Gasteiger charge is -2.40. The van der Waals surface area contributed by atoms with E-state index in [1.807, 2.05) is 6.92 Å². The van der Waals surface area contributed by atoms with Gasteiger partial charge < -0.3 is 15.0 Å². The number of H-pyrrole nitrogens is 1. The first-order valence-corrected chi connectivity index (χ1v) is 8.94. The van der Waals surface area contributed by atoms with Crippen molar-refractivity contribution in [3.63, 3.8) is 0 Å². The van der Waals surface area contributed by atoms with Crippen LogP contribution in [-0.4, -0.2) is 30.1 Å². The Morgan fingerprint density at radius 1 is 1.36 bits per heavy atom. The highest BCUT2D eigenvalue weighted by Crippen LogP contribution is 2.33. The minimum atomic E-state index is -0.300. The Balaban J connectivity index is 1.71. The lowest BCUT2D eigenvalue weighted by atomic mass is 9.78. The van der Waals surface area contributed by atoms with Gasteiger partial charge in [-0.2, -0.15) is 0 Å². The van der Waals surface area contributed by atoms with Crippen molar-refractivity contribution < 1.29 is 13.9 Å². The van der Waals surface area contributed by atoms with Gasteiger partial charge in [0.1, 0.15) is 11.5 Å². The third-order valence-electron chi connectivity index (χ3n) is 4.98. The third kappa shape index (κ3) is 3.87. The van der Waals surface area contributed by atoms with Gasteiger partial charge in [0.2, 0.25) is 0 Å². The summed E-state index contributed by atoms with van der Waals surface area (Å²) in [6, 6.07) is 4.69. The number of rotatable bonds is 3. The molecular formula is C20H27FN2O2. The fourth-order valence-corrected chi connectivity index (χ4v) is 3.83. The summed E-state index contributed by atoms with van der Waals surface area (Å²) >= 11 is 0. The second kappa shape index (κ2) is 6.79. The highest BCUT2D eigenvalue weighted by Gasteiger charge is 2.35. The fraction of sp³-hybridized carbons (Fsp3) is 0.550. The zero-order valence-electron chi connectivity index (χ0n) is 15.4. The van der Waals surface area contributed by atoms with Crippen molar-refractivity contribution in [3.8, 4) is 0 Å². The van der Waals surface area contributed by atoms with E-state index in [0.29, 0.717) is 23.7 Å². The number of fused-ring (bicyclic) bond motifs is 1. The molecule has 5 heteroatoms. The molecule has 2 N–H and O–H groups in total. The van der Waals surface area contributed by atoms with E-state index in [1.165, 1.54) is 12.1 Å². The van der Waals surface area contributed by atoms with Crippen molar-refractivity contribution in [2.75, 3.05) is 13.2 Å². The molecule has 0 spiro atoms. The van der Waals surface area contributed by atoms with Crippen molar-refractivity contribution in [3.05, 3.63) is 35.3 Å². The average molecular weight is 346 g/mol. The normalized spacial score (nSPS) is 21.5. The van der Waals surface area contributed by atoms with Crippen LogP contribution in [0.15, 0.2) is 18.2 Å². The molecule has 2 atom stereocenters. The quantitative estimate of drug-likeness (QED) is 0.876. The Morgan fingerprint density at radius 2 is 2.12 bits per heavy atom. The highest BCUT2D eigenvalue weighted by molar-refractivity contribution is 5.98. The van der Waals surface area contributed by atoms with Gasteiger partial charge >= 0.3 is 0 Å². The molecule has 136 valence electrons. The summed E-state index contributed by atoms with van der Waals surface area (Å²) in [6.45, 7) is 9.74. The van der Waals surface area contributed by atoms with Gasteiger partial charge in [-0.25, -0.2) is 4.39 Å². The molecule has 0 radical (unpaired) electrons. The molecule has 2 aromatic rings. The lowest BCUT2D eigenvalue weighted by molar-refractivity contribution is -0.0839. The number of amides is 1. The molecule has 1 saturated heterocycles. The van der Waals surface area contributed by atoms with Crippen LogP contribution in [0.3, 0.4) is 0 Å². The molecule has 1 aromatic heterocycles. The Morgan fingerprint density at radius 3 is 2.84 bits per heavy atom. The van der Waals surface area contributed by atoms with Crippen LogP contribution in [0.5, 0.6) is 0 Å². The van der Waals surface area contributed by atoms with Gasteiger partial charge in [-0.05, 0) is 48.9 Å². The monoisotopic (exact) mass is 346 g/mol. The van der Waals surface area contributed by atoms with E-state index < -0.39 is 0 Å². The van der Waals surface area contributed by atoms with Gasteiger partial charge in [0.25, 0.3) is 5.91 Å². The smallest absolute Gasteiger partial charge is 0.267 e. The van der Waals surface area contributed by atoms with Crippen LogP contribution in [0.1, 0.15) is 49.7 Å². The summed E-state index contributed by atoms with van der Waals surface area (Å²) in [4.78, 5) is 15.6. The van der Waals surface area contributed by atoms with Crippen molar-refractivity contribution in [1.29, 1.82) is 0 Å². The molecule has 1 aliphatic heterocycles. The summed E-state index contributed by atoms with van der Waals surface area (Å²) in [5.74, 6) is -0.151. The highest BCUT2D eigenvalue weighted by atomic mass is 19.1. The first-order valence-electron chi connectivity index (χ1n) is 8.94. The van der Waals surface area contributed by atoms with E-state index in [-0.39, 0.29) is 23.2 Å². The van der Waals surface area contributed by atoms with Crippen molar-refractivity contribution >= 4 is 16.8 Å². The number of nitrogens with one attached hydrogen (secondary N) is 2. The second-order valence-corrected chi connectivity index (χ2v) is 8.14. The van der Waals surface area contributed by atoms with Crippen LogP contribution in [0, 0.1) is 24.1 Å². The Hall–Kier alpha value is -1.88. The number of hydrogen-bond donors (Lipinski definition) is 2. The molecule has 4 nitrogen and oxygen atoms in total. The molecule has 1 aliphatic rings. The second-order valence-electron chi connectivity index (χ2n) is 8.14. The first kappa shape index (κ1) is 17.9. The summed E-state index contributed by atoms with van der Waals surface area (Å²) in [7, 11) is 0. The third-order valence-corrected chi connectivity index (χ3v) is 4.98. The zero-order valence-corrected chi connectivity index (χ0v) is 15.4. The van der Waals surface area contributed by atoms with Crippen LogP contribution in [0.25, 0.3) is 10.9 Å². The molecule has 2 heterocycles. The molecule has 0 unspecified atom stereocenters. The summed E-state index contributed by atoms with van der Waals surface area (Å²) in [6.07, 6.45) is 2.22. The van der Waals surface area contributed by atoms with Gasteiger partial charge in [-0.1, -0.05) is 20.8 Å². The standard InChI is InChI=1S/C20H27FN2O2/c1-12-8-14(21)9-16-15(12)10-17(23-16)19(24)22-11-13-6-5-7-25-18(13)20(2,3)4/h8-10,13,18,23H,5-7,11H2,1-4H3,(H,22,24)/t13-,18+/m1/s1. The van der Waals surface area contributed by atoms with E-state index in [1.54, 1.807) is 6.07 Å². The minimum Gasteiger partial charge on any atom is -0.377 e. The number of aryl methyl sites for hydroxylation is 1. The minimum absolute atomic E-state index is 0.0472. The number of benzene rings is 1. The maximum Gasteiger partial charge on any atom is 0.267 e. The topological polar surface area (TPSA) is 54.1 Å². The average Bonchev–Trinajstić information content (AvgIpc) is 2.96. The molecule has 1 aromatic carbocycles. The van der Waals surface area contributed by atoms with E-state index in [2.05, 4.69) is 31.1 Å². The Labute approximate surface area is 148 Å². The van der Waals surface area contributed by atoms with E-state index in [4.69, 9.17) is 4.74 Å². The SMILES string of the molecule is Cc1cc(F)cc2[nH]c(C(=O)NC[C@H]3CCCO[C@@H]3C(C)(C)C)cc12. The van der Waals surface area contributed by atoms with Gasteiger partial charge in [-0.15, -0.1) is 0 Å². The number of aromatic amines is 1. The van der Waals surface area contributed by atoms with Crippen molar-refractivity contribution in [2.24, 2.45) is 11.3 Å². The van der Waals surface area contributed by atoms with Crippen LogP contribution < -0.4 is 5.32 Å². The maximum absolute atomic E-state index is 13.5. The number of hydrogen-bond acceptors (Lipinski definition) is 2. The fourth-order valence-electron chi connectivity index (χ4n) is 3.83. The molecule has 1 fully saturated rings. The predicted molar refractivity (Wildman–Crippen MR) is 97.2 cm³/mol. The van der Waals surface area contributed by atoms with Crippen LogP contribution in [0.4, 0.5) is 4.39 Å². The van der Waals surface area contributed by atoms with Crippen LogP contribution in [-0.2, 0) is 4.74 Å². The van der Waals surface area contributed by atoms with Gasteiger partial charge in [0.05, 0.1) is 6.10 Å².